The van der Waals surface area contributed by atoms with E-state index in [9.17, 15) is 4.79 Å². The van der Waals surface area contributed by atoms with Crippen molar-refractivity contribution in [3.63, 3.8) is 0 Å². The Morgan fingerprint density at radius 1 is 0.868 bits per heavy atom. The molecule has 2 aliphatic heterocycles. The summed E-state index contributed by atoms with van der Waals surface area (Å²) < 4.78 is -0.412. The molecule has 38 heavy (non-hydrogen) atoms. The number of benzene rings is 3. The Hall–Kier alpha value is -3.55. The monoisotopic (exact) mass is 510 g/mol. The minimum Gasteiger partial charge on any atom is -0.369 e. The summed E-state index contributed by atoms with van der Waals surface area (Å²) in [6, 6.07) is 25.2. The van der Waals surface area contributed by atoms with Crippen molar-refractivity contribution in [2.75, 3.05) is 31.1 Å². The van der Waals surface area contributed by atoms with Crippen LogP contribution in [0.4, 0.5) is 22.7 Å². The largest absolute Gasteiger partial charge is 0.369 e. The van der Waals surface area contributed by atoms with E-state index in [2.05, 4.69) is 51.3 Å². The summed E-state index contributed by atoms with van der Waals surface area (Å²) in [5.74, 6) is 0.956. The maximum absolute atomic E-state index is 11.4. The van der Waals surface area contributed by atoms with Crippen LogP contribution in [0.25, 0.3) is 11.1 Å². The van der Waals surface area contributed by atoms with E-state index in [0.29, 0.717) is 23.5 Å². The third kappa shape index (κ3) is 4.61. The van der Waals surface area contributed by atoms with Gasteiger partial charge in [0.15, 0.2) is 5.69 Å². The zero-order chi connectivity index (χ0) is 26.0. The van der Waals surface area contributed by atoms with Gasteiger partial charge in [0, 0.05) is 56.1 Å². The van der Waals surface area contributed by atoms with Crippen LogP contribution in [-0.4, -0.2) is 43.6 Å². The first kappa shape index (κ1) is 24.8. The molecule has 1 atom stereocenters. The molecule has 0 amide bonds. The fourth-order valence-corrected chi connectivity index (χ4v) is 6.34. The third-order valence-corrected chi connectivity index (χ3v) is 8.69. The lowest BCUT2D eigenvalue weighted by Crippen LogP contribution is -2.51. The Morgan fingerprint density at radius 3 is 2.18 bits per heavy atom. The van der Waals surface area contributed by atoms with Gasteiger partial charge in [0.1, 0.15) is 0 Å². The lowest BCUT2D eigenvalue weighted by molar-refractivity contribution is -0.156. The van der Waals surface area contributed by atoms with Crippen LogP contribution in [0.15, 0.2) is 83.1 Å². The molecule has 0 N–H and O–H groups in total. The third-order valence-electron chi connectivity index (χ3n) is 8.69. The van der Waals surface area contributed by atoms with E-state index < -0.39 is 4.76 Å². The average molecular weight is 511 g/mol. The van der Waals surface area contributed by atoms with Crippen molar-refractivity contribution in [3.05, 3.63) is 72.8 Å². The van der Waals surface area contributed by atoms with Crippen molar-refractivity contribution >= 4 is 29.2 Å². The summed E-state index contributed by atoms with van der Waals surface area (Å²) >= 11 is 0. The van der Waals surface area contributed by atoms with E-state index in [0.717, 1.165) is 49.3 Å². The van der Waals surface area contributed by atoms with Gasteiger partial charge in [-0.05, 0) is 73.1 Å². The lowest BCUT2D eigenvalue weighted by atomic mass is 9.84. The highest BCUT2D eigenvalue weighted by Crippen LogP contribution is 2.47. The molecule has 2 heterocycles. The molecule has 0 aromatic heterocycles. The van der Waals surface area contributed by atoms with Crippen molar-refractivity contribution in [1.29, 1.82) is 0 Å². The zero-order valence-corrected chi connectivity index (χ0v) is 22.1. The molecule has 6 rings (SSSR count). The molecule has 1 unspecified atom stereocenters. The lowest BCUT2D eigenvalue weighted by Gasteiger charge is -2.42. The van der Waals surface area contributed by atoms with Crippen molar-refractivity contribution < 1.29 is 9.63 Å². The zero-order valence-electron chi connectivity index (χ0n) is 22.1. The summed E-state index contributed by atoms with van der Waals surface area (Å²) in [6.07, 6.45) is 6.91. The number of quaternary nitrogens is 1. The summed E-state index contributed by atoms with van der Waals surface area (Å²) in [7, 11) is 0. The molecule has 1 saturated carbocycles. The predicted molar refractivity (Wildman–Crippen MR) is 151 cm³/mol. The second-order valence-electron chi connectivity index (χ2n) is 10.7. The summed E-state index contributed by atoms with van der Waals surface area (Å²) in [4.78, 5) is 22.1. The van der Waals surface area contributed by atoms with E-state index in [4.69, 9.17) is 4.84 Å². The van der Waals surface area contributed by atoms with Crippen LogP contribution in [-0.2, 0) is 9.63 Å². The van der Waals surface area contributed by atoms with Gasteiger partial charge in [0.05, 0.1) is 9.98 Å². The number of carbonyl (C=O) groups is 1. The molecule has 196 valence electrons. The van der Waals surface area contributed by atoms with Crippen molar-refractivity contribution in [3.8, 4) is 11.1 Å². The number of hydrogen-bond donors (Lipinski definition) is 0. The molecule has 0 spiro atoms. The fraction of sp³-hybridized carbons (Fsp3) is 0.387. The standard InChI is InChI=1S/C31H36N5O2/c1-2-24-7-13-27(14-8-24)34-19-21-35(22-20-34)28-15-9-25(10-16-28)26-11-17-29(18-12-26)36(38-23-37)31-6-4-3-5-30(31)32-33-36/h3-6,9-12,15-18,23-24,27H,2,7-8,13-14,19-22H2,1H3/q+1. The smallest absolute Gasteiger partial charge is 0.360 e. The molecule has 0 bridgehead atoms. The first-order valence-electron chi connectivity index (χ1n) is 13.9. The maximum Gasteiger partial charge on any atom is 0.360 e. The van der Waals surface area contributed by atoms with Gasteiger partial charge in [-0.25, -0.2) is 9.63 Å². The predicted octanol–water partition coefficient (Wildman–Crippen LogP) is 7.18. The summed E-state index contributed by atoms with van der Waals surface area (Å²) in [5.41, 5.74) is 5.66. The number of carbonyl (C=O) groups excluding carboxylic acids is 1. The van der Waals surface area contributed by atoms with Crippen LogP contribution in [0, 0.1) is 5.92 Å². The first-order valence-corrected chi connectivity index (χ1v) is 13.9. The second kappa shape index (κ2) is 10.7. The highest BCUT2D eigenvalue weighted by Gasteiger charge is 2.45. The SMILES string of the molecule is CCC1CCC(N2CCN(c3ccc(-c4ccc([N+]5(OC=O)N=Nc6ccccc65)cc4)cc3)CC2)CC1. The van der Waals surface area contributed by atoms with Gasteiger partial charge in [-0.1, -0.05) is 42.7 Å². The topological polar surface area (TPSA) is 57.5 Å². The number of rotatable bonds is 7. The molecule has 2 fully saturated rings. The van der Waals surface area contributed by atoms with Crippen LogP contribution >= 0.6 is 0 Å². The van der Waals surface area contributed by atoms with Crippen molar-refractivity contribution in [1.82, 2.24) is 9.66 Å². The minimum absolute atomic E-state index is 0.412. The molecule has 3 aliphatic rings. The second-order valence-corrected chi connectivity index (χ2v) is 10.7. The molecule has 0 radical (unpaired) electrons. The van der Waals surface area contributed by atoms with E-state index in [1.807, 2.05) is 48.5 Å². The fourth-order valence-electron chi connectivity index (χ4n) is 6.34. The molecule has 1 aliphatic carbocycles. The molecular weight excluding hydrogens is 474 g/mol. The normalized spacial score (nSPS) is 25.2. The quantitative estimate of drug-likeness (QED) is 0.249. The van der Waals surface area contributed by atoms with Gasteiger partial charge in [-0.15, -0.1) is 0 Å². The Bertz CT molecular complexity index is 1280. The number of anilines is 1. The van der Waals surface area contributed by atoms with E-state index in [-0.39, 0.29) is 0 Å². The van der Waals surface area contributed by atoms with E-state index in [1.54, 1.807) is 0 Å². The van der Waals surface area contributed by atoms with Crippen LogP contribution in [0.2, 0.25) is 0 Å². The molecule has 1 saturated heterocycles. The molecule has 3 aromatic rings. The average Bonchev–Trinajstić information content (AvgIpc) is 3.37. The van der Waals surface area contributed by atoms with Gasteiger partial charge < -0.3 is 4.90 Å². The maximum atomic E-state index is 11.4. The van der Waals surface area contributed by atoms with Crippen LogP contribution in [0.5, 0.6) is 0 Å². The summed E-state index contributed by atoms with van der Waals surface area (Å²) in [5, 5.41) is 8.53. The van der Waals surface area contributed by atoms with E-state index >= 15 is 0 Å². The highest BCUT2D eigenvalue weighted by atomic mass is 16.8. The molecule has 7 nitrogen and oxygen atoms in total. The molecule has 7 heteroatoms. The Kier molecular flexibility index (Phi) is 6.96. The first-order chi connectivity index (χ1) is 18.7. The van der Waals surface area contributed by atoms with Crippen LogP contribution in [0.1, 0.15) is 39.0 Å². The van der Waals surface area contributed by atoms with Gasteiger partial charge in [-0.2, -0.15) is 0 Å². The minimum atomic E-state index is -0.412. The van der Waals surface area contributed by atoms with Gasteiger partial charge in [0.2, 0.25) is 11.4 Å². The van der Waals surface area contributed by atoms with Gasteiger partial charge in [-0.3, -0.25) is 4.90 Å². The van der Waals surface area contributed by atoms with E-state index in [1.165, 1.54) is 37.8 Å². The number of hydrogen-bond acceptors (Lipinski definition) is 6. The number of fused-ring (bicyclic) bond motifs is 1. The molecular formula is C31H36N5O2+. The Balaban J connectivity index is 1.11. The number of piperazine rings is 1. The number of nitrogens with zero attached hydrogens (tertiary/aromatic N) is 5. The van der Waals surface area contributed by atoms with Crippen molar-refractivity contribution in [2.45, 2.75) is 45.1 Å². The number of para-hydroxylation sites is 1. The Morgan fingerprint density at radius 2 is 1.53 bits per heavy atom. The van der Waals surface area contributed by atoms with Crippen LogP contribution < -0.4 is 9.66 Å². The summed E-state index contributed by atoms with van der Waals surface area (Å²) in [6.45, 7) is 7.27. The van der Waals surface area contributed by atoms with Gasteiger partial charge >= 0.3 is 6.47 Å². The molecule has 3 aromatic carbocycles. The Labute approximate surface area is 224 Å². The van der Waals surface area contributed by atoms with Crippen molar-refractivity contribution in [2.24, 2.45) is 16.3 Å². The van der Waals surface area contributed by atoms with Gasteiger partial charge in [0.25, 0.3) is 0 Å². The highest BCUT2D eigenvalue weighted by molar-refractivity contribution is 5.74. The van der Waals surface area contributed by atoms with Crippen LogP contribution in [0.3, 0.4) is 0 Å².